The van der Waals surface area contributed by atoms with Crippen LogP contribution in [-0.2, 0) is 9.59 Å². The second-order valence-corrected chi connectivity index (χ2v) is 7.74. The average Bonchev–Trinajstić information content (AvgIpc) is 3.35. The van der Waals surface area contributed by atoms with Crippen LogP contribution < -0.4 is 9.80 Å². The number of piperidine rings is 1. The molecule has 1 aromatic rings. The van der Waals surface area contributed by atoms with Gasteiger partial charge in [0.05, 0.1) is 0 Å². The van der Waals surface area contributed by atoms with E-state index >= 15 is 0 Å². The van der Waals surface area contributed by atoms with Crippen LogP contribution in [0.2, 0.25) is 0 Å². The number of amides is 2. The van der Waals surface area contributed by atoms with E-state index in [1.165, 1.54) is 11.3 Å². The highest BCUT2D eigenvalue weighted by Gasteiger charge is 2.31. The summed E-state index contributed by atoms with van der Waals surface area (Å²) in [6.45, 7) is 4.30. The maximum absolute atomic E-state index is 12.5. The highest BCUT2D eigenvalue weighted by atomic mass is 32.1. The lowest BCUT2D eigenvalue weighted by Gasteiger charge is -2.32. The molecule has 0 unspecified atom stereocenters. The Morgan fingerprint density at radius 2 is 1.67 bits per heavy atom. The standard InChI is InChI=1S/C16H23N5O2S/c22-13-4-3-9-21(13)16-18-17-15(24-16)20-10-5-12(6-11-20)14(23)19-7-1-2-8-19/h12H,1-11H2. The van der Waals surface area contributed by atoms with Gasteiger partial charge in [-0.05, 0) is 32.1 Å². The van der Waals surface area contributed by atoms with Crippen LogP contribution in [0.4, 0.5) is 10.3 Å². The summed E-state index contributed by atoms with van der Waals surface area (Å²) in [6.07, 6.45) is 5.57. The summed E-state index contributed by atoms with van der Waals surface area (Å²) >= 11 is 1.49. The molecule has 8 heteroatoms. The topological polar surface area (TPSA) is 69.6 Å². The fourth-order valence-corrected chi connectivity index (χ4v) is 4.75. The Bertz CT molecular complexity index is 620. The maximum atomic E-state index is 12.5. The van der Waals surface area contributed by atoms with Gasteiger partial charge in [0.15, 0.2) is 0 Å². The molecular weight excluding hydrogens is 326 g/mol. The van der Waals surface area contributed by atoms with Gasteiger partial charge in [-0.3, -0.25) is 14.5 Å². The Hall–Kier alpha value is -1.70. The molecule has 4 heterocycles. The van der Waals surface area contributed by atoms with E-state index in [9.17, 15) is 9.59 Å². The molecule has 0 spiro atoms. The van der Waals surface area contributed by atoms with Gasteiger partial charge in [-0.1, -0.05) is 11.3 Å². The predicted molar refractivity (Wildman–Crippen MR) is 92.2 cm³/mol. The fourth-order valence-electron chi connectivity index (χ4n) is 3.81. The lowest BCUT2D eigenvalue weighted by Crippen LogP contribution is -2.41. The van der Waals surface area contributed by atoms with Crippen LogP contribution in [-0.4, -0.2) is 59.6 Å². The van der Waals surface area contributed by atoms with Crippen LogP contribution in [0.3, 0.4) is 0 Å². The third kappa shape index (κ3) is 2.99. The maximum Gasteiger partial charge on any atom is 0.228 e. The van der Waals surface area contributed by atoms with Crippen molar-refractivity contribution in [3.05, 3.63) is 0 Å². The monoisotopic (exact) mass is 349 g/mol. The number of carbonyl (C=O) groups excluding carboxylic acids is 2. The van der Waals surface area contributed by atoms with Gasteiger partial charge in [-0.2, -0.15) is 0 Å². The normalized spacial score (nSPS) is 22.7. The van der Waals surface area contributed by atoms with E-state index in [1.54, 1.807) is 4.90 Å². The average molecular weight is 349 g/mol. The SMILES string of the molecule is O=C(C1CCN(c2nnc(N3CCCC3=O)s2)CC1)N1CCCC1. The minimum atomic E-state index is 0.146. The zero-order valence-electron chi connectivity index (χ0n) is 13.8. The van der Waals surface area contributed by atoms with Gasteiger partial charge in [0.1, 0.15) is 0 Å². The van der Waals surface area contributed by atoms with Crippen molar-refractivity contribution >= 4 is 33.4 Å². The molecule has 3 saturated heterocycles. The van der Waals surface area contributed by atoms with E-state index in [1.807, 2.05) is 4.90 Å². The van der Waals surface area contributed by atoms with Crippen LogP contribution in [0.25, 0.3) is 0 Å². The van der Waals surface area contributed by atoms with Gasteiger partial charge < -0.3 is 9.80 Å². The van der Waals surface area contributed by atoms with Crippen molar-refractivity contribution in [3.8, 4) is 0 Å². The van der Waals surface area contributed by atoms with E-state index < -0.39 is 0 Å². The van der Waals surface area contributed by atoms with E-state index in [0.29, 0.717) is 17.5 Å². The summed E-state index contributed by atoms with van der Waals surface area (Å²) in [5.41, 5.74) is 0. The van der Waals surface area contributed by atoms with Gasteiger partial charge in [0.25, 0.3) is 0 Å². The molecule has 1 aromatic heterocycles. The molecule has 3 fully saturated rings. The largest absolute Gasteiger partial charge is 0.347 e. The third-order valence-electron chi connectivity index (χ3n) is 5.24. The first kappa shape index (κ1) is 15.8. The molecule has 0 atom stereocenters. The van der Waals surface area contributed by atoms with Crippen LogP contribution in [0, 0.1) is 5.92 Å². The van der Waals surface area contributed by atoms with Crippen LogP contribution in [0.15, 0.2) is 0 Å². The summed E-state index contributed by atoms with van der Waals surface area (Å²) < 4.78 is 0. The van der Waals surface area contributed by atoms with Crippen molar-refractivity contribution in [1.82, 2.24) is 15.1 Å². The number of likely N-dealkylation sites (tertiary alicyclic amines) is 1. The lowest BCUT2D eigenvalue weighted by molar-refractivity contribution is -0.135. The van der Waals surface area contributed by atoms with Crippen LogP contribution >= 0.6 is 11.3 Å². The molecule has 2 amide bonds. The van der Waals surface area contributed by atoms with Crippen molar-refractivity contribution in [2.75, 3.05) is 42.5 Å². The molecule has 24 heavy (non-hydrogen) atoms. The number of aromatic nitrogens is 2. The number of hydrogen-bond donors (Lipinski definition) is 0. The molecule has 0 aliphatic carbocycles. The van der Waals surface area contributed by atoms with Crippen LogP contribution in [0.5, 0.6) is 0 Å². The minimum absolute atomic E-state index is 0.146. The Morgan fingerprint density at radius 3 is 2.33 bits per heavy atom. The molecule has 4 rings (SSSR count). The summed E-state index contributed by atoms with van der Waals surface area (Å²) in [4.78, 5) is 30.3. The predicted octanol–water partition coefficient (Wildman–Crippen LogP) is 1.50. The summed E-state index contributed by atoms with van der Waals surface area (Å²) in [6, 6.07) is 0. The van der Waals surface area contributed by atoms with Crippen molar-refractivity contribution in [3.63, 3.8) is 0 Å². The minimum Gasteiger partial charge on any atom is -0.347 e. The van der Waals surface area contributed by atoms with Gasteiger partial charge in [-0.25, -0.2) is 0 Å². The van der Waals surface area contributed by atoms with Crippen molar-refractivity contribution in [2.24, 2.45) is 5.92 Å². The molecule has 7 nitrogen and oxygen atoms in total. The molecule has 0 bridgehead atoms. The summed E-state index contributed by atoms with van der Waals surface area (Å²) in [5, 5.41) is 10.1. The molecule has 0 aromatic carbocycles. The van der Waals surface area contributed by atoms with E-state index in [4.69, 9.17) is 0 Å². The fraction of sp³-hybridized carbons (Fsp3) is 0.750. The van der Waals surface area contributed by atoms with E-state index in [-0.39, 0.29) is 11.8 Å². The Balaban J connectivity index is 1.35. The molecule has 130 valence electrons. The highest BCUT2D eigenvalue weighted by Crippen LogP contribution is 2.32. The highest BCUT2D eigenvalue weighted by molar-refractivity contribution is 7.19. The van der Waals surface area contributed by atoms with Crippen molar-refractivity contribution in [1.29, 1.82) is 0 Å². The van der Waals surface area contributed by atoms with Crippen molar-refractivity contribution in [2.45, 2.75) is 38.5 Å². The molecule has 3 aliphatic rings. The lowest BCUT2D eigenvalue weighted by atomic mass is 9.95. The molecular formula is C16H23N5O2S. The first-order chi connectivity index (χ1) is 11.7. The smallest absolute Gasteiger partial charge is 0.228 e. The second-order valence-electron chi connectivity index (χ2n) is 6.81. The van der Waals surface area contributed by atoms with Gasteiger partial charge in [0.2, 0.25) is 22.1 Å². The Kier molecular flexibility index (Phi) is 4.39. The molecule has 3 aliphatic heterocycles. The van der Waals surface area contributed by atoms with Crippen LogP contribution in [0.1, 0.15) is 38.5 Å². The number of anilines is 2. The summed E-state index contributed by atoms with van der Waals surface area (Å²) in [7, 11) is 0. The zero-order chi connectivity index (χ0) is 16.5. The molecule has 0 saturated carbocycles. The van der Waals surface area contributed by atoms with Crippen molar-refractivity contribution < 1.29 is 9.59 Å². The van der Waals surface area contributed by atoms with Gasteiger partial charge >= 0.3 is 0 Å². The Labute approximate surface area is 145 Å². The quantitative estimate of drug-likeness (QED) is 0.827. The number of nitrogens with zero attached hydrogens (tertiary/aromatic N) is 5. The Morgan fingerprint density at radius 1 is 0.958 bits per heavy atom. The first-order valence-corrected chi connectivity index (χ1v) is 9.71. The molecule has 0 radical (unpaired) electrons. The van der Waals surface area contributed by atoms with Gasteiger partial charge in [-0.15, -0.1) is 10.2 Å². The zero-order valence-corrected chi connectivity index (χ0v) is 14.6. The number of hydrogen-bond acceptors (Lipinski definition) is 6. The third-order valence-corrected chi connectivity index (χ3v) is 6.25. The van der Waals surface area contributed by atoms with E-state index in [0.717, 1.165) is 70.0 Å². The van der Waals surface area contributed by atoms with E-state index in [2.05, 4.69) is 15.1 Å². The second kappa shape index (κ2) is 6.66. The number of rotatable bonds is 3. The van der Waals surface area contributed by atoms with Gasteiger partial charge in [0, 0.05) is 45.1 Å². The molecule has 0 N–H and O–H groups in total. The number of carbonyl (C=O) groups is 2. The first-order valence-electron chi connectivity index (χ1n) is 8.90. The summed E-state index contributed by atoms with van der Waals surface area (Å²) in [5.74, 6) is 0.646.